The fourth-order valence-corrected chi connectivity index (χ4v) is 1.72. The van der Waals surface area contributed by atoms with E-state index in [0.717, 1.165) is 11.1 Å². The van der Waals surface area contributed by atoms with Gasteiger partial charge in [-0.2, -0.15) is 5.26 Å². The predicted molar refractivity (Wildman–Crippen MR) is 79.0 cm³/mol. The standard InChI is InChI=1S/C16H15N3O2/c1-11-3-5-14(13(7-11)8-17)21-10-16(20)19-15-6-4-12(2)9-18-15/h3-7,9H,10H2,1-2H3,(H,18,19,20). The van der Waals surface area contributed by atoms with Crippen molar-refractivity contribution in [1.29, 1.82) is 5.26 Å². The molecule has 2 aromatic rings. The molecule has 0 unspecified atom stereocenters. The van der Waals surface area contributed by atoms with Crippen molar-refractivity contribution in [1.82, 2.24) is 4.98 Å². The summed E-state index contributed by atoms with van der Waals surface area (Å²) in [7, 11) is 0. The first kappa shape index (κ1) is 14.5. The molecule has 0 aliphatic heterocycles. The molecule has 0 atom stereocenters. The number of hydrogen-bond acceptors (Lipinski definition) is 4. The normalized spacial score (nSPS) is 9.76. The lowest BCUT2D eigenvalue weighted by atomic mass is 10.1. The van der Waals surface area contributed by atoms with Gasteiger partial charge in [-0.1, -0.05) is 12.1 Å². The Kier molecular flexibility index (Phi) is 4.52. The third-order valence-corrected chi connectivity index (χ3v) is 2.79. The highest BCUT2D eigenvalue weighted by Gasteiger charge is 2.08. The molecule has 0 aliphatic carbocycles. The van der Waals surface area contributed by atoms with Crippen LogP contribution < -0.4 is 10.1 Å². The number of nitrogens with one attached hydrogen (secondary N) is 1. The molecule has 1 heterocycles. The van der Waals surface area contributed by atoms with Crippen LogP contribution in [0.3, 0.4) is 0 Å². The maximum Gasteiger partial charge on any atom is 0.263 e. The number of amides is 1. The van der Waals surface area contributed by atoms with E-state index in [0.29, 0.717) is 17.1 Å². The highest BCUT2D eigenvalue weighted by Crippen LogP contribution is 2.18. The number of aryl methyl sites for hydroxylation is 2. The van der Waals surface area contributed by atoms with Crippen LogP contribution in [0.5, 0.6) is 5.75 Å². The van der Waals surface area contributed by atoms with Gasteiger partial charge in [-0.25, -0.2) is 4.98 Å². The first-order chi connectivity index (χ1) is 10.1. The Morgan fingerprint density at radius 3 is 2.71 bits per heavy atom. The minimum atomic E-state index is -0.323. The zero-order valence-electron chi connectivity index (χ0n) is 11.9. The molecule has 0 aliphatic rings. The summed E-state index contributed by atoms with van der Waals surface area (Å²) < 4.78 is 5.38. The zero-order chi connectivity index (χ0) is 15.2. The number of hydrogen-bond donors (Lipinski definition) is 1. The van der Waals surface area contributed by atoms with E-state index in [1.807, 2.05) is 32.0 Å². The molecule has 1 aromatic carbocycles. The van der Waals surface area contributed by atoms with Gasteiger partial charge >= 0.3 is 0 Å². The van der Waals surface area contributed by atoms with Crippen molar-refractivity contribution in [2.45, 2.75) is 13.8 Å². The van der Waals surface area contributed by atoms with Gasteiger partial charge in [0.15, 0.2) is 6.61 Å². The van der Waals surface area contributed by atoms with Crippen molar-refractivity contribution < 1.29 is 9.53 Å². The molecule has 21 heavy (non-hydrogen) atoms. The number of nitrogens with zero attached hydrogens (tertiary/aromatic N) is 2. The van der Waals surface area contributed by atoms with Gasteiger partial charge in [0.05, 0.1) is 5.56 Å². The van der Waals surface area contributed by atoms with E-state index in [2.05, 4.69) is 10.3 Å². The fraction of sp³-hybridized carbons (Fsp3) is 0.188. The van der Waals surface area contributed by atoms with Crippen molar-refractivity contribution in [2.75, 3.05) is 11.9 Å². The second-order valence-corrected chi connectivity index (χ2v) is 4.67. The molecule has 0 saturated heterocycles. The first-order valence-corrected chi connectivity index (χ1v) is 6.44. The lowest BCUT2D eigenvalue weighted by Gasteiger charge is -2.08. The van der Waals surface area contributed by atoms with Crippen LogP contribution in [0.2, 0.25) is 0 Å². The van der Waals surface area contributed by atoms with Gasteiger partial charge in [0.1, 0.15) is 17.6 Å². The molecule has 2 rings (SSSR count). The van der Waals surface area contributed by atoms with Crippen LogP contribution in [0, 0.1) is 25.2 Å². The lowest BCUT2D eigenvalue weighted by Crippen LogP contribution is -2.21. The van der Waals surface area contributed by atoms with Crippen molar-refractivity contribution in [3.8, 4) is 11.8 Å². The van der Waals surface area contributed by atoms with Crippen molar-refractivity contribution >= 4 is 11.7 Å². The number of nitriles is 1. The summed E-state index contributed by atoms with van der Waals surface area (Å²) in [5, 5.41) is 11.7. The van der Waals surface area contributed by atoms with Gasteiger partial charge < -0.3 is 10.1 Å². The summed E-state index contributed by atoms with van der Waals surface area (Å²) in [4.78, 5) is 15.9. The highest BCUT2D eigenvalue weighted by molar-refractivity contribution is 5.90. The molecule has 5 nitrogen and oxygen atoms in total. The first-order valence-electron chi connectivity index (χ1n) is 6.44. The number of anilines is 1. The number of benzene rings is 1. The number of ether oxygens (including phenoxy) is 1. The summed E-state index contributed by atoms with van der Waals surface area (Å²) in [6, 6.07) is 10.9. The van der Waals surface area contributed by atoms with E-state index in [9.17, 15) is 4.79 Å². The van der Waals surface area contributed by atoms with Crippen molar-refractivity contribution in [2.24, 2.45) is 0 Å². The Bertz CT molecular complexity index is 688. The van der Waals surface area contributed by atoms with Crippen LogP contribution in [0.4, 0.5) is 5.82 Å². The van der Waals surface area contributed by atoms with E-state index in [4.69, 9.17) is 10.00 Å². The van der Waals surface area contributed by atoms with E-state index >= 15 is 0 Å². The van der Waals surface area contributed by atoms with Gasteiger partial charge in [0, 0.05) is 6.20 Å². The summed E-state index contributed by atoms with van der Waals surface area (Å²) in [5.74, 6) is 0.546. The summed E-state index contributed by atoms with van der Waals surface area (Å²) in [6.07, 6.45) is 1.67. The van der Waals surface area contributed by atoms with Gasteiger partial charge in [-0.15, -0.1) is 0 Å². The SMILES string of the molecule is Cc1ccc(NC(=O)COc2ccc(C)cc2C#N)nc1. The van der Waals surface area contributed by atoms with Crippen molar-refractivity contribution in [3.05, 3.63) is 53.2 Å². The van der Waals surface area contributed by atoms with E-state index in [1.54, 1.807) is 24.4 Å². The molecular formula is C16H15N3O2. The van der Waals surface area contributed by atoms with E-state index in [-0.39, 0.29) is 12.5 Å². The number of pyridine rings is 1. The van der Waals surface area contributed by atoms with Gasteiger partial charge in [-0.05, 0) is 43.2 Å². The van der Waals surface area contributed by atoms with Crippen molar-refractivity contribution in [3.63, 3.8) is 0 Å². The maximum atomic E-state index is 11.8. The predicted octanol–water partition coefficient (Wildman–Crippen LogP) is 2.59. The molecular weight excluding hydrogens is 266 g/mol. The van der Waals surface area contributed by atoms with Crippen LogP contribution >= 0.6 is 0 Å². The van der Waals surface area contributed by atoms with Crippen LogP contribution in [-0.2, 0) is 4.79 Å². The Balaban J connectivity index is 1.95. The molecule has 0 bridgehead atoms. The van der Waals surface area contributed by atoms with Crippen LogP contribution in [0.15, 0.2) is 36.5 Å². The van der Waals surface area contributed by atoms with Crippen LogP contribution in [0.25, 0.3) is 0 Å². The summed E-state index contributed by atoms with van der Waals surface area (Å²) >= 11 is 0. The molecule has 0 radical (unpaired) electrons. The molecule has 1 N–H and O–H groups in total. The Hall–Kier alpha value is -2.87. The molecule has 0 fully saturated rings. The van der Waals surface area contributed by atoms with Gasteiger partial charge in [0.2, 0.25) is 0 Å². The Morgan fingerprint density at radius 2 is 2.05 bits per heavy atom. The fourth-order valence-electron chi connectivity index (χ4n) is 1.72. The Labute approximate surface area is 123 Å². The van der Waals surface area contributed by atoms with Gasteiger partial charge in [-0.3, -0.25) is 4.79 Å². The molecule has 0 spiro atoms. The summed E-state index contributed by atoms with van der Waals surface area (Å²) in [5.41, 5.74) is 2.39. The minimum Gasteiger partial charge on any atom is -0.482 e. The van der Waals surface area contributed by atoms with E-state index < -0.39 is 0 Å². The second kappa shape index (κ2) is 6.53. The maximum absolute atomic E-state index is 11.8. The third-order valence-electron chi connectivity index (χ3n) is 2.79. The monoisotopic (exact) mass is 281 g/mol. The molecule has 106 valence electrons. The quantitative estimate of drug-likeness (QED) is 0.934. The van der Waals surface area contributed by atoms with Crippen LogP contribution in [0.1, 0.15) is 16.7 Å². The third kappa shape index (κ3) is 4.05. The average molecular weight is 281 g/mol. The second-order valence-electron chi connectivity index (χ2n) is 4.67. The van der Waals surface area contributed by atoms with E-state index in [1.165, 1.54) is 0 Å². The number of carbonyl (C=O) groups is 1. The topological polar surface area (TPSA) is 75.0 Å². The molecule has 1 amide bonds. The average Bonchev–Trinajstić information content (AvgIpc) is 2.48. The number of rotatable bonds is 4. The zero-order valence-corrected chi connectivity index (χ0v) is 11.9. The molecule has 5 heteroatoms. The summed E-state index contributed by atoms with van der Waals surface area (Å²) in [6.45, 7) is 3.64. The highest BCUT2D eigenvalue weighted by atomic mass is 16.5. The Morgan fingerprint density at radius 1 is 1.29 bits per heavy atom. The lowest BCUT2D eigenvalue weighted by molar-refractivity contribution is -0.118. The largest absolute Gasteiger partial charge is 0.482 e. The smallest absolute Gasteiger partial charge is 0.263 e. The number of aromatic nitrogens is 1. The van der Waals surface area contributed by atoms with Crippen LogP contribution in [-0.4, -0.2) is 17.5 Å². The molecule has 1 aromatic heterocycles. The molecule has 0 saturated carbocycles. The number of carbonyl (C=O) groups excluding carboxylic acids is 1. The van der Waals surface area contributed by atoms with Gasteiger partial charge in [0.25, 0.3) is 5.91 Å². The minimum absolute atomic E-state index is 0.173.